The van der Waals surface area contributed by atoms with Gasteiger partial charge < -0.3 is 5.32 Å². The van der Waals surface area contributed by atoms with Crippen LogP contribution in [-0.2, 0) is 4.79 Å². The molecule has 4 nitrogen and oxygen atoms in total. The molecule has 1 aromatic heterocycles. The quantitative estimate of drug-likeness (QED) is 0.924. The predicted octanol–water partition coefficient (Wildman–Crippen LogP) is 3.03. The van der Waals surface area contributed by atoms with E-state index < -0.39 is 0 Å². The van der Waals surface area contributed by atoms with Crippen molar-refractivity contribution in [2.24, 2.45) is 0 Å². The predicted molar refractivity (Wildman–Crippen MR) is 83.3 cm³/mol. The van der Waals surface area contributed by atoms with Crippen molar-refractivity contribution in [1.29, 1.82) is 0 Å². The Kier molecular flexibility index (Phi) is 3.72. The van der Waals surface area contributed by atoms with Gasteiger partial charge in [0.1, 0.15) is 0 Å². The van der Waals surface area contributed by atoms with Gasteiger partial charge in [0.15, 0.2) is 5.13 Å². The van der Waals surface area contributed by atoms with Crippen LogP contribution in [0.25, 0.3) is 10.2 Å². The molecule has 5 heteroatoms. The molecule has 1 fully saturated rings. The van der Waals surface area contributed by atoms with Gasteiger partial charge in [-0.25, -0.2) is 4.98 Å². The fourth-order valence-corrected chi connectivity index (χ4v) is 3.54. The highest BCUT2D eigenvalue weighted by Crippen LogP contribution is 2.27. The first-order chi connectivity index (χ1) is 9.63. The number of benzene rings is 1. The van der Waals surface area contributed by atoms with Crippen molar-refractivity contribution in [2.45, 2.75) is 32.2 Å². The molecule has 0 spiro atoms. The number of hydrogen-bond acceptors (Lipinski definition) is 4. The minimum Gasteiger partial charge on any atom is -0.301 e. The molecule has 106 valence electrons. The number of thiazole rings is 1. The summed E-state index contributed by atoms with van der Waals surface area (Å²) in [6.45, 7) is 3.05. The van der Waals surface area contributed by atoms with Crippen LogP contribution in [-0.4, -0.2) is 35.4 Å². The lowest BCUT2D eigenvalue weighted by atomic mass is 10.0. The second kappa shape index (κ2) is 5.50. The zero-order valence-electron chi connectivity index (χ0n) is 11.8. The highest BCUT2D eigenvalue weighted by atomic mass is 32.1. The largest absolute Gasteiger partial charge is 0.301 e. The molecule has 1 aliphatic rings. The summed E-state index contributed by atoms with van der Waals surface area (Å²) in [6, 6.07) is 6.16. The van der Waals surface area contributed by atoms with Gasteiger partial charge in [0, 0.05) is 0 Å². The number of likely N-dealkylation sites (tertiary alicyclic amines) is 1. The molecule has 2 heterocycles. The second-order valence-corrected chi connectivity index (χ2v) is 6.50. The summed E-state index contributed by atoms with van der Waals surface area (Å²) < 4.78 is 1.11. The molecule has 2 aromatic rings. The van der Waals surface area contributed by atoms with E-state index in [2.05, 4.69) is 27.3 Å². The van der Waals surface area contributed by atoms with Gasteiger partial charge >= 0.3 is 0 Å². The van der Waals surface area contributed by atoms with Crippen LogP contribution in [0, 0.1) is 6.92 Å². The number of carbonyl (C=O) groups excluding carboxylic acids is 1. The monoisotopic (exact) mass is 289 g/mol. The first kappa shape index (κ1) is 13.5. The number of aryl methyl sites for hydroxylation is 1. The summed E-state index contributed by atoms with van der Waals surface area (Å²) in [5.41, 5.74) is 2.15. The summed E-state index contributed by atoms with van der Waals surface area (Å²) in [5, 5.41) is 3.68. The third-order valence-corrected chi connectivity index (χ3v) is 4.80. The van der Waals surface area contributed by atoms with Gasteiger partial charge in [0.2, 0.25) is 5.91 Å². The molecule has 1 atom stereocenters. The molecular weight excluding hydrogens is 270 g/mol. The van der Waals surface area contributed by atoms with E-state index in [0.717, 1.165) is 29.6 Å². The van der Waals surface area contributed by atoms with Gasteiger partial charge in [-0.2, -0.15) is 0 Å². The summed E-state index contributed by atoms with van der Waals surface area (Å²) >= 11 is 1.54. The number of rotatable bonds is 2. The number of piperidine rings is 1. The van der Waals surface area contributed by atoms with Crippen molar-refractivity contribution in [2.75, 3.05) is 18.9 Å². The number of nitrogens with zero attached hydrogens (tertiary/aromatic N) is 2. The molecule has 1 aromatic carbocycles. The lowest BCUT2D eigenvalue weighted by Gasteiger charge is -2.30. The topological polar surface area (TPSA) is 45.2 Å². The molecule has 0 aliphatic carbocycles. The number of aromatic nitrogens is 1. The standard InChI is InChI=1S/C15H19N3OS/c1-10-6-7-13-11(9-10)16-15(20-13)17-14(19)12-5-3-4-8-18(12)2/h6-7,9,12H,3-5,8H2,1-2H3,(H,16,17,19)/t12-/m0/s1. The van der Waals surface area contributed by atoms with Gasteiger partial charge in [-0.05, 0) is 51.1 Å². The zero-order chi connectivity index (χ0) is 14.1. The highest BCUT2D eigenvalue weighted by molar-refractivity contribution is 7.22. The molecule has 1 N–H and O–H groups in total. The molecule has 1 amide bonds. The van der Waals surface area contributed by atoms with Gasteiger partial charge in [-0.15, -0.1) is 0 Å². The number of nitrogens with one attached hydrogen (secondary N) is 1. The van der Waals surface area contributed by atoms with E-state index in [1.165, 1.54) is 23.3 Å². The summed E-state index contributed by atoms with van der Waals surface area (Å²) in [5.74, 6) is 0.0722. The lowest BCUT2D eigenvalue weighted by Crippen LogP contribution is -2.44. The summed E-state index contributed by atoms with van der Waals surface area (Å²) in [7, 11) is 2.02. The molecular formula is C15H19N3OS. The van der Waals surface area contributed by atoms with E-state index in [9.17, 15) is 4.79 Å². The number of carbonyl (C=O) groups is 1. The molecule has 0 radical (unpaired) electrons. The van der Waals surface area contributed by atoms with Crippen LogP contribution in [0.5, 0.6) is 0 Å². The smallest absolute Gasteiger partial charge is 0.243 e. The number of amides is 1. The third-order valence-electron chi connectivity index (χ3n) is 3.85. The normalized spacial score (nSPS) is 20.2. The maximum absolute atomic E-state index is 12.3. The average Bonchev–Trinajstić information content (AvgIpc) is 2.80. The van der Waals surface area contributed by atoms with E-state index in [0.29, 0.717) is 5.13 Å². The van der Waals surface area contributed by atoms with Crippen molar-refractivity contribution < 1.29 is 4.79 Å². The van der Waals surface area contributed by atoms with Crippen LogP contribution in [0.2, 0.25) is 0 Å². The number of likely N-dealkylation sites (N-methyl/N-ethyl adjacent to an activating group) is 1. The Bertz CT molecular complexity index is 637. The zero-order valence-corrected chi connectivity index (χ0v) is 12.7. The fourth-order valence-electron chi connectivity index (χ4n) is 2.69. The SMILES string of the molecule is Cc1ccc2sc(NC(=O)[C@@H]3CCCCN3C)nc2c1. The molecule has 0 bridgehead atoms. The van der Waals surface area contributed by atoms with Crippen LogP contribution >= 0.6 is 11.3 Å². The van der Waals surface area contributed by atoms with Crippen molar-refractivity contribution in [1.82, 2.24) is 9.88 Å². The third kappa shape index (κ3) is 2.69. The van der Waals surface area contributed by atoms with Gasteiger partial charge in [-0.3, -0.25) is 9.69 Å². The van der Waals surface area contributed by atoms with Crippen LogP contribution < -0.4 is 5.32 Å². The Labute approximate surface area is 122 Å². The average molecular weight is 289 g/mol. The summed E-state index contributed by atoms with van der Waals surface area (Å²) in [4.78, 5) is 19.0. The lowest BCUT2D eigenvalue weighted by molar-refractivity contribution is -0.121. The molecule has 20 heavy (non-hydrogen) atoms. The second-order valence-electron chi connectivity index (χ2n) is 5.47. The van der Waals surface area contributed by atoms with Crippen molar-refractivity contribution >= 4 is 32.6 Å². The van der Waals surface area contributed by atoms with Crippen LogP contribution in [0.1, 0.15) is 24.8 Å². The van der Waals surface area contributed by atoms with Crippen molar-refractivity contribution in [3.63, 3.8) is 0 Å². The van der Waals surface area contributed by atoms with Crippen LogP contribution in [0.4, 0.5) is 5.13 Å². The Balaban J connectivity index is 1.76. The van der Waals surface area contributed by atoms with E-state index in [1.54, 1.807) is 0 Å². The van der Waals surface area contributed by atoms with E-state index in [1.807, 2.05) is 20.0 Å². The van der Waals surface area contributed by atoms with Crippen molar-refractivity contribution in [3.8, 4) is 0 Å². The first-order valence-electron chi connectivity index (χ1n) is 7.02. The minimum atomic E-state index is -0.0162. The van der Waals surface area contributed by atoms with Crippen molar-refractivity contribution in [3.05, 3.63) is 23.8 Å². The molecule has 0 unspecified atom stereocenters. The fraction of sp³-hybridized carbons (Fsp3) is 0.467. The maximum Gasteiger partial charge on any atom is 0.243 e. The Morgan fingerprint density at radius 2 is 2.30 bits per heavy atom. The van der Waals surface area contributed by atoms with Gasteiger partial charge in [-0.1, -0.05) is 23.8 Å². The molecule has 1 aliphatic heterocycles. The summed E-state index contributed by atoms with van der Waals surface area (Å²) in [6.07, 6.45) is 3.24. The van der Waals surface area contributed by atoms with Crippen LogP contribution in [0.3, 0.4) is 0 Å². The minimum absolute atomic E-state index is 0.0162. The molecule has 0 saturated carbocycles. The van der Waals surface area contributed by atoms with Crippen LogP contribution in [0.15, 0.2) is 18.2 Å². The van der Waals surface area contributed by atoms with E-state index in [4.69, 9.17) is 0 Å². The number of fused-ring (bicyclic) bond motifs is 1. The van der Waals surface area contributed by atoms with Gasteiger partial charge in [0.25, 0.3) is 0 Å². The Morgan fingerprint density at radius 3 is 3.10 bits per heavy atom. The molecule has 3 rings (SSSR count). The highest BCUT2D eigenvalue weighted by Gasteiger charge is 2.26. The number of hydrogen-bond donors (Lipinski definition) is 1. The number of anilines is 1. The Hall–Kier alpha value is -1.46. The Morgan fingerprint density at radius 1 is 1.45 bits per heavy atom. The van der Waals surface area contributed by atoms with Gasteiger partial charge in [0.05, 0.1) is 16.3 Å². The maximum atomic E-state index is 12.3. The van der Waals surface area contributed by atoms with E-state index >= 15 is 0 Å². The molecule has 1 saturated heterocycles. The van der Waals surface area contributed by atoms with E-state index in [-0.39, 0.29) is 11.9 Å². The first-order valence-corrected chi connectivity index (χ1v) is 7.83.